The predicted molar refractivity (Wildman–Crippen MR) is 146 cm³/mol. The van der Waals surface area contributed by atoms with Gasteiger partial charge >= 0.3 is 6.18 Å². The number of piperazine rings is 1. The van der Waals surface area contributed by atoms with Crippen LogP contribution < -0.4 is 14.4 Å². The summed E-state index contributed by atoms with van der Waals surface area (Å²) in [5.41, 5.74) is 1.69. The summed E-state index contributed by atoms with van der Waals surface area (Å²) in [4.78, 5) is 21.6. The first kappa shape index (κ1) is 29.9. The molecule has 5 N–H and O–H groups in total. The van der Waals surface area contributed by atoms with Crippen molar-refractivity contribution in [1.82, 2.24) is 20.1 Å². The highest BCUT2D eigenvalue weighted by Gasteiger charge is 2.33. The summed E-state index contributed by atoms with van der Waals surface area (Å²) in [6.07, 6.45) is -3.28. The van der Waals surface area contributed by atoms with Crippen LogP contribution in [-0.4, -0.2) is 69.7 Å². The second-order valence-corrected chi connectivity index (χ2v) is 9.82. The fourth-order valence-electron chi connectivity index (χ4n) is 4.00. The Morgan fingerprint density at radius 1 is 1.08 bits per heavy atom. The minimum Gasteiger partial charge on any atom is -0.483 e. The number of fused-ring (bicyclic) bond motifs is 1. The summed E-state index contributed by atoms with van der Waals surface area (Å²) in [6.45, 7) is 2.10. The number of nitrogens with zero attached hydrogens (tertiary/aromatic N) is 5. The number of carbonyl (C=O) groups is 1. The molecule has 15 heteroatoms. The van der Waals surface area contributed by atoms with E-state index in [9.17, 15) is 18.0 Å². The molecule has 210 valence electrons. The number of carbonyl (C=O) groups excluding carboxylic acids is 1. The smallest absolute Gasteiger partial charge is 0.418 e. The van der Waals surface area contributed by atoms with Gasteiger partial charge in [0.1, 0.15) is 11.3 Å². The van der Waals surface area contributed by atoms with Gasteiger partial charge < -0.3 is 30.2 Å². The second-order valence-electron chi connectivity index (χ2n) is 8.11. The van der Waals surface area contributed by atoms with Crippen LogP contribution in [-0.2, 0) is 11.0 Å². The number of hydrogen-bond donors (Lipinski definition) is 1. The van der Waals surface area contributed by atoms with E-state index in [1.165, 1.54) is 47.7 Å². The van der Waals surface area contributed by atoms with E-state index in [1.807, 2.05) is 24.3 Å². The van der Waals surface area contributed by atoms with Crippen molar-refractivity contribution in [2.24, 2.45) is 0 Å². The molecular formula is C24H27F3N6O4S2. The molecule has 0 bridgehead atoms. The first-order chi connectivity index (χ1) is 17.9. The van der Waals surface area contributed by atoms with E-state index in [0.29, 0.717) is 26.2 Å². The fraction of sp³-hybridized carbons (Fsp3) is 0.250. The zero-order valence-corrected chi connectivity index (χ0v) is 21.9. The van der Waals surface area contributed by atoms with E-state index in [-0.39, 0.29) is 41.5 Å². The maximum Gasteiger partial charge on any atom is 0.418 e. The monoisotopic (exact) mass is 584 g/mol. The fourth-order valence-corrected chi connectivity index (χ4v) is 5.12. The van der Waals surface area contributed by atoms with Crippen LogP contribution in [0.1, 0.15) is 6.99 Å². The van der Waals surface area contributed by atoms with Crippen molar-refractivity contribution in [3.05, 3.63) is 65.8 Å². The number of para-hydroxylation sites is 1. The van der Waals surface area contributed by atoms with Crippen molar-refractivity contribution >= 4 is 50.9 Å². The molecule has 4 aromatic rings. The summed E-state index contributed by atoms with van der Waals surface area (Å²) in [5, 5.41) is 8.69. The number of ether oxygens (including phenoxy) is 1. The van der Waals surface area contributed by atoms with Crippen molar-refractivity contribution in [2.75, 3.05) is 42.4 Å². The Kier molecular flexibility index (Phi) is 9.91. The topological polar surface area (TPSA) is 146 Å². The van der Waals surface area contributed by atoms with Crippen LogP contribution >= 0.6 is 23.3 Å². The van der Waals surface area contributed by atoms with Gasteiger partial charge in [0, 0.05) is 49.8 Å². The molecule has 39 heavy (non-hydrogen) atoms. The number of hydrogen-bond acceptors (Lipinski definition) is 9. The van der Waals surface area contributed by atoms with Crippen LogP contribution in [0.2, 0.25) is 0 Å². The van der Waals surface area contributed by atoms with Gasteiger partial charge in [0.25, 0.3) is 5.91 Å². The van der Waals surface area contributed by atoms with Gasteiger partial charge in [-0.3, -0.25) is 9.78 Å². The van der Waals surface area contributed by atoms with Crippen LogP contribution in [0, 0.1) is 0 Å². The molecule has 0 saturated carbocycles. The molecule has 1 fully saturated rings. The average Bonchev–Trinajstić information content (AvgIpc) is 3.44. The van der Waals surface area contributed by atoms with Crippen molar-refractivity contribution in [3.8, 4) is 5.75 Å². The lowest BCUT2D eigenvalue weighted by molar-refractivity contribution is -0.136. The number of nitrogens with one attached hydrogen (secondary N) is 1. The Morgan fingerprint density at radius 3 is 2.49 bits per heavy atom. The highest BCUT2D eigenvalue weighted by molar-refractivity contribution is 8.00. The van der Waals surface area contributed by atoms with Crippen molar-refractivity contribution in [1.29, 1.82) is 0 Å². The molecule has 1 aliphatic heterocycles. The SMILES string of the molecule is O.O.O=C(COc1ccnc2c(C(F)(F)F)cccc12)N1CCN(c2ccc(SNc3nncs3)cc2)CC1.[HH]. The third-order valence-electron chi connectivity index (χ3n) is 5.84. The van der Waals surface area contributed by atoms with Gasteiger partial charge in [0.15, 0.2) is 6.61 Å². The largest absolute Gasteiger partial charge is 0.483 e. The Bertz CT molecular complexity index is 1380. The molecule has 0 unspecified atom stereocenters. The highest BCUT2D eigenvalue weighted by atomic mass is 32.2. The number of halogens is 3. The molecule has 2 aromatic heterocycles. The first-order valence-electron chi connectivity index (χ1n) is 11.3. The zero-order chi connectivity index (χ0) is 25.8. The number of pyridine rings is 1. The van der Waals surface area contributed by atoms with E-state index in [1.54, 1.807) is 10.4 Å². The van der Waals surface area contributed by atoms with E-state index >= 15 is 0 Å². The van der Waals surface area contributed by atoms with Gasteiger partial charge in [-0.2, -0.15) is 13.2 Å². The summed E-state index contributed by atoms with van der Waals surface area (Å²) < 4.78 is 48.7. The molecule has 0 atom stereocenters. The van der Waals surface area contributed by atoms with Crippen LogP contribution in [0.25, 0.3) is 10.9 Å². The Balaban J connectivity index is 0.00000187. The number of anilines is 2. The van der Waals surface area contributed by atoms with E-state index in [2.05, 4.69) is 24.8 Å². The molecule has 3 heterocycles. The molecule has 10 nitrogen and oxygen atoms in total. The molecule has 1 amide bonds. The van der Waals surface area contributed by atoms with Gasteiger partial charge in [0.2, 0.25) is 5.13 Å². The summed E-state index contributed by atoms with van der Waals surface area (Å²) in [5.74, 6) is -0.0206. The number of amides is 1. The van der Waals surface area contributed by atoms with Crippen molar-refractivity contribution in [3.63, 3.8) is 0 Å². The maximum absolute atomic E-state index is 13.3. The first-order valence-corrected chi connectivity index (χ1v) is 13.0. The van der Waals surface area contributed by atoms with Crippen LogP contribution in [0.5, 0.6) is 5.75 Å². The lowest BCUT2D eigenvalue weighted by Gasteiger charge is -2.36. The standard InChI is InChI=1S/C24H21F3N6O2S2.2H2O.H2/c25-24(26,27)19-3-1-2-18-20(8-9-28-22(18)19)35-14-21(34)33-12-10-32(11-13-33)16-4-6-17(7-5-16)37-31-23-30-29-15-36-23;;;/h1-9,15H,10-14H2,(H,30,31);2*1H2;1H. The Morgan fingerprint density at radius 2 is 1.82 bits per heavy atom. The molecule has 5 rings (SSSR count). The Hall–Kier alpha value is -3.66. The van der Waals surface area contributed by atoms with Crippen LogP contribution in [0.3, 0.4) is 0 Å². The summed E-state index contributed by atoms with van der Waals surface area (Å²) in [6, 6.07) is 13.4. The second kappa shape index (κ2) is 12.9. The minimum atomic E-state index is -4.53. The molecule has 1 aliphatic rings. The van der Waals surface area contributed by atoms with E-state index in [4.69, 9.17) is 4.74 Å². The molecule has 0 aliphatic carbocycles. The van der Waals surface area contributed by atoms with Gasteiger partial charge in [-0.15, -0.1) is 10.2 Å². The quantitative estimate of drug-likeness (QED) is 0.325. The normalized spacial score (nSPS) is 13.4. The molecule has 0 spiro atoms. The Labute approximate surface area is 231 Å². The van der Waals surface area contributed by atoms with Gasteiger partial charge in [-0.05, 0) is 54.4 Å². The highest BCUT2D eigenvalue weighted by Crippen LogP contribution is 2.36. The van der Waals surface area contributed by atoms with Crippen LogP contribution in [0.15, 0.2) is 65.1 Å². The molecule has 0 radical (unpaired) electrons. The lowest BCUT2D eigenvalue weighted by Crippen LogP contribution is -2.50. The van der Waals surface area contributed by atoms with Crippen molar-refractivity contribution < 1.29 is 35.1 Å². The molecule has 2 aromatic carbocycles. The minimum absolute atomic E-state index is 0. The summed E-state index contributed by atoms with van der Waals surface area (Å²) in [7, 11) is 0. The number of benzene rings is 2. The lowest BCUT2D eigenvalue weighted by atomic mass is 10.1. The summed E-state index contributed by atoms with van der Waals surface area (Å²) >= 11 is 2.88. The molecular weight excluding hydrogens is 557 g/mol. The van der Waals surface area contributed by atoms with Gasteiger partial charge in [-0.1, -0.05) is 17.4 Å². The van der Waals surface area contributed by atoms with E-state index in [0.717, 1.165) is 21.8 Å². The molecule has 1 saturated heterocycles. The zero-order valence-electron chi connectivity index (χ0n) is 20.3. The predicted octanol–water partition coefficient (Wildman–Crippen LogP) is 3.55. The van der Waals surface area contributed by atoms with E-state index < -0.39 is 11.7 Å². The number of alkyl halides is 3. The number of aromatic nitrogens is 3. The van der Waals surface area contributed by atoms with Crippen molar-refractivity contribution in [2.45, 2.75) is 11.1 Å². The third kappa shape index (κ3) is 7.06. The maximum atomic E-state index is 13.3. The van der Waals surface area contributed by atoms with Gasteiger partial charge in [0.05, 0.1) is 11.1 Å². The van der Waals surface area contributed by atoms with Crippen LogP contribution in [0.4, 0.5) is 24.0 Å². The number of rotatable bonds is 7. The van der Waals surface area contributed by atoms with Gasteiger partial charge in [-0.25, -0.2) is 0 Å². The average molecular weight is 585 g/mol. The third-order valence-corrected chi connectivity index (χ3v) is 7.38.